The Morgan fingerprint density at radius 2 is 2.00 bits per heavy atom. The molecule has 6 heteroatoms. The minimum absolute atomic E-state index is 0.0233. The molecule has 1 aromatic carbocycles. The second-order valence-electron chi connectivity index (χ2n) is 4.29. The van der Waals surface area contributed by atoms with Crippen LogP contribution >= 0.6 is 0 Å². The number of benzene rings is 1. The normalized spacial score (nSPS) is 10.5. The molecule has 2 rings (SSSR count). The van der Waals surface area contributed by atoms with Crippen LogP contribution in [0.25, 0.3) is 5.69 Å². The molecule has 0 atom stereocenters. The second kappa shape index (κ2) is 5.64. The highest BCUT2D eigenvalue weighted by molar-refractivity contribution is 5.79. The lowest BCUT2D eigenvalue weighted by atomic mass is 10.1. The number of carbonyl (C=O) groups excluding carboxylic acids is 1. The molecule has 0 saturated carbocycles. The average molecular weight is 273 g/mol. The Kier molecular flexibility index (Phi) is 3.93. The van der Waals surface area contributed by atoms with Crippen LogP contribution in [0.2, 0.25) is 0 Å². The van der Waals surface area contributed by atoms with E-state index < -0.39 is 4.92 Å². The van der Waals surface area contributed by atoms with E-state index in [9.17, 15) is 14.9 Å². The van der Waals surface area contributed by atoms with Gasteiger partial charge in [0.2, 0.25) is 0 Å². The molecule has 0 bridgehead atoms. The van der Waals surface area contributed by atoms with Crippen LogP contribution in [0, 0.1) is 10.1 Å². The summed E-state index contributed by atoms with van der Waals surface area (Å²) in [4.78, 5) is 21.9. The van der Waals surface area contributed by atoms with Crippen LogP contribution < -0.4 is 0 Å². The molecule has 0 spiro atoms. The number of aldehydes is 1. The van der Waals surface area contributed by atoms with E-state index in [1.165, 1.54) is 10.7 Å². The van der Waals surface area contributed by atoms with Crippen LogP contribution in [0.4, 0.5) is 5.69 Å². The van der Waals surface area contributed by atoms with E-state index in [1.54, 1.807) is 18.2 Å². The van der Waals surface area contributed by atoms with Crippen molar-refractivity contribution in [3.8, 4) is 5.69 Å². The Morgan fingerprint density at radius 3 is 2.55 bits per heavy atom. The predicted octanol–water partition coefficient (Wildman–Crippen LogP) is 2.72. The third kappa shape index (κ3) is 2.20. The van der Waals surface area contributed by atoms with Crippen molar-refractivity contribution < 1.29 is 9.72 Å². The number of aryl methyl sites for hydroxylation is 1. The number of hydrogen-bond acceptors (Lipinski definition) is 4. The summed E-state index contributed by atoms with van der Waals surface area (Å²) in [5.41, 5.74) is 2.26. The van der Waals surface area contributed by atoms with Crippen molar-refractivity contribution in [3.05, 3.63) is 51.3 Å². The van der Waals surface area contributed by atoms with Crippen molar-refractivity contribution in [3.63, 3.8) is 0 Å². The molecule has 0 amide bonds. The maximum absolute atomic E-state index is 11.2. The van der Waals surface area contributed by atoms with E-state index >= 15 is 0 Å². The van der Waals surface area contributed by atoms with E-state index in [2.05, 4.69) is 5.10 Å². The summed E-state index contributed by atoms with van der Waals surface area (Å²) >= 11 is 0. The van der Waals surface area contributed by atoms with Crippen LogP contribution in [-0.2, 0) is 12.8 Å². The molecular formula is C14H15N3O3. The molecule has 0 aliphatic rings. The van der Waals surface area contributed by atoms with Crippen molar-refractivity contribution in [1.82, 2.24) is 9.78 Å². The fourth-order valence-electron chi connectivity index (χ4n) is 2.25. The van der Waals surface area contributed by atoms with E-state index in [-0.39, 0.29) is 5.69 Å². The van der Waals surface area contributed by atoms with Crippen molar-refractivity contribution in [1.29, 1.82) is 0 Å². The van der Waals surface area contributed by atoms with Crippen molar-refractivity contribution >= 4 is 12.0 Å². The van der Waals surface area contributed by atoms with E-state index in [1.807, 2.05) is 13.8 Å². The first kappa shape index (κ1) is 13.9. The smallest absolute Gasteiger partial charge is 0.294 e. The lowest BCUT2D eigenvalue weighted by molar-refractivity contribution is -0.384. The number of nitro groups is 1. The Bertz CT molecular complexity index is 662. The number of rotatable bonds is 5. The molecule has 0 unspecified atom stereocenters. The molecule has 0 aliphatic heterocycles. The first-order chi connectivity index (χ1) is 9.63. The van der Waals surface area contributed by atoms with Gasteiger partial charge in [-0.1, -0.05) is 26.0 Å². The number of para-hydroxylation sites is 2. The molecule has 6 nitrogen and oxygen atoms in total. The maximum Gasteiger partial charge on any atom is 0.294 e. The molecule has 1 aromatic heterocycles. The van der Waals surface area contributed by atoms with Gasteiger partial charge in [-0.2, -0.15) is 5.10 Å². The van der Waals surface area contributed by atoms with Gasteiger partial charge in [0.15, 0.2) is 6.29 Å². The summed E-state index contributed by atoms with van der Waals surface area (Å²) in [6.45, 7) is 3.80. The number of nitrogens with zero attached hydrogens (tertiary/aromatic N) is 3. The Morgan fingerprint density at radius 1 is 1.30 bits per heavy atom. The van der Waals surface area contributed by atoms with Gasteiger partial charge in [0.05, 0.1) is 21.9 Å². The van der Waals surface area contributed by atoms with Crippen molar-refractivity contribution in [2.24, 2.45) is 0 Å². The fourth-order valence-corrected chi connectivity index (χ4v) is 2.25. The van der Waals surface area contributed by atoms with Gasteiger partial charge in [-0.05, 0) is 18.9 Å². The lowest BCUT2D eigenvalue weighted by Crippen LogP contribution is -2.05. The van der Waals surface area contributed by atoms with Gasteiger partial charge in [0, 0.05) is 6.07 Å². The Hall–Kier alpha value is -2.50. The zero-order valence-electron chi connectivity index (χ0n) is 11.4. The molecule has 1 heterocycles. The number of carbonyl (C=O) groups is 1. The Balaban J connectivity index is 2.73. The number of hydrogen-bond donors (Lipinski definition) is 0. The van der Waals surface area contributed by atoms with E-state index in [4.69, 9.17) is 0 Å². The largest absolute Gasteiger partial charge is 0.298 e. The maximum atomic E-state index is 11.2. The first-order valence-corrected chi connectivity index (χ1v) is 6.43. The first-order valence-electron chi connectivity index (χ1n) is 6.43. The summed E-state index contributed by atoms with van der Waals surface area (Å²) in [6, 6.07) is 6.40. The molecule has 0 saturated heterocycles. The summed E-state index contributed by atoms with van der Waals surface area (Å²) < 4.78 is 1.51. The highest BCUT2D eigenvalue weighted by Gasteiger charge is 2.21. The summed E-state index contributed by atoms with van der Waals surface area (Å²) in [6.07, 6.45) is 1.96. The van der Waals surface area contributed by atoms with Crippen LogP contribution in [-0.4, -0.2) is 21.0 Å². The van der Waals surface area contributed by atoms with Gasteiger partial charge in [0.25, 0.3) is 5.69 Å². The minimum atomic E-state index is -0.442. The monoisotopic (exact) mass is 273 g/mol. The van der Waals surface area contributed by atoms with Crippen LogP contribution in [0.5, 0.6) is 0 Å². The highest BCUT2D eigenvalue weighted by Crippen LogP contribution is 2.26. The van der Waals surface area contributed by atoms with Crippen LogP contribution in [0.1, 0.15) is 35.6 Å². The van der Waals surface area contributed by atoms with E-state index in [0.717, 1.165) is 6.29 Å². The topological polar surface area (TPSA) is 78.0 Å². The predicted molar refractivity (Wildman–Crippen MR) is 74.4 cm³/mol. The molecule has 0 radical (unpaired) electrons. The van der Waals surface area contributed by atoms with Gasteiger partial charge in [-0.25, -0.2) is 4.68 Å². The van der Waals surface area contributed by atoms with Gasteiger partial charge >= 0.3 is 0 Å². The highest BCUT2D eigenvalue weighted by atomic mass is 16.6. The minimum Gasteiger partial charge on any atom is -0.298 e. The summed E-state index contributed by atoms with van der Waals surface area (Å²) in [5, 5.41) is 15.5. The van der Waals surface area contributed by atoms with E-state index in [0.29, 0.717) is 35.5 Å². The average Bonchev–Trinajstić information content (AvgIpc) is 2.84. The SMILES string of the molecule is CCc1nn(-c2ccccc2[N+](=O)[O-])c(CC)c1C=O. The van der Waals surface area contributed by atoms with Gasteiger partial charge in [-0.3, -0.25) is 14.9 Å². The van der Waals surface area contributed by atoms with Gasteiger partial charge in [-0.15, -0.1) is 0 Å². The lowest BCUT2D eigenvalue weighted by Gasteiger charge is -2.06. The molecular weight excluding hydrogens is 258 g/mol. The fraction of sp³-hybridized carbons (Fsp3) is 0.286. The zero-order valence-corrected chi connectivity index (χ0v) is 11.4. The third-order valence-electron chi connectivity index (χ3n) is 3.19. The van der Waals surface area contributed by atoms with Crippen molar-refractivity contribution in [2.75, 3.05) is 0 Å². The number of nitro benzene ring substituents is 1. The van der Waals surface area contributed by atoms with Gasteiger partial charge in [0.1, 0.15) is 5.69 Å². The van der Waals surface area contributed by atoms with Crippen LogP contribution in [0.15, 0.2) is 24.3 Å². The summed E-state index contributed by atoms with van der Waals surface area (Å²) in [5.74, 6) is 0. The van der Waals surface area contributed by atoms with Crippen molar-refractivity contribution in [2.45, 2.75) is 26.7 Å². The molecule has 0 fully saturated rings. The Labute approximate surface area is 116 Å². The molecule has 104 valence electrons. The standard InChI is InChI=1S/C14H15N3O3/c1-3-11-10(9-18)12(4-2)16(15-11)13-7-5-6-8-14(13)17(19)20/h5-9H,3-4H2,1-2H3. The third-order valence-corrected chi connectivity index (χ3v) is 3.19. The van der Waals surface area contributed by atoms with Gasteiger partial charge < -0.3 is 0 Å². The molecule has 0 aliphatic carbocycles. The molecule has 0 N–H and O–H groups in total. The zero-order chi connectivity index (χ0) is 14.7. The quantitative estimate of drug-likeness (QED) is 0.476. The van der Waals surface area contributed by atoms with Crippen LogP contribution in [0.3, 0.4) is 0 Å². The number of aromatic nitrogens is 2. The molecule has 2 aromatic rings. The molecule has 20 heavy (non-hydrogen) atoms. The summed E-state index contributed by atoms with van der Waals surface area (Å²) in [7, 11) is 0. The second-order valence-corrected chi connectivity index (χ2v) is 4.29.